The molecule has 0 aromatic rings. The molecule has 0 aromatic heterocycles. The van der Waals surface area contributed by atoms with Crippen molar-refractivity contribution >= 4 is 17.9 Å². The first-order valence-electron chi connectivity index (χ1n) is 13.1. The van der Waals surface area contributed by atoms with Crippen LogP contribution in [0.3, 0.4) is 0 Å². The molecule has 0 radical (unpaired) electrons. The number of carboxylic acids is 3. The molecule has 1 unspecified atom stereocenters. The molecule has 34 heavy (non-hydrogen) atoms. The Morgan fingerprint density at radius 1 is 0.647 bits per heavy atom. The van der Waals surface area contributed by atoms with Gasteiger partial charge in [0.1, 0.15) is 0 Å². The number of rotatable bonds is 21. The van der Waals surface area contributed by atoms with Gasteiger partial charge in [-0.2, -0.15) is 0 Å². The molecule has 4 N–H and O–H groups in total. The quantitative estimate of drug-likeness (QED) is 0.154. The second-order valence-electron chi connectivity index (χ2n) is 9.56. The van der Waals surface area contributed by atoms with Gasteiger partial charge in [-0.3, -0.25) is 9.59 Å². The summed E-state index contributed by atoms with van der Waals surface area (Å²) in [7, 11) is 4.53. The number of unbranched alkanes of at least 4 members (excludes halogenated alkanes) is 11. The fourth-order valence-corrected chi connectivity index (χ4v) is 3.87. The zero-order chi connectivity index (χ0) is 26.4. The van der Waals surface area contributed by atoms with Crippen LogP contribution in [0.2, 0.25) is 0 Å². The van der Waals surface area contributed by atoms with Crippen molar-refractivity contribution < 1.29 is 34.8 Å². The van der Waals surface area contributed by atoms with Crippen LogP contribution in [0, 0.1) is 0 Å². The molecule has 0 bridgehead atoms. The molecule has 8 nitrogen and oxygen atoms in total. The molecular formula is C26H51NO7. The van der Waals surface area contributed by atoms with E-state index < -0.39 is 36.4 Å². The van der Waals surface area contributed by atoms with Gasteiger partial charge in [0.25, 0.3) is 0 Å². The highest BCUT2D eigenvalue weighted by molar-refractivity contribution is 5.88. The topological polar surface area (TPSA) is 135 Å². The molecule has 0 aliphatic rings. The summed E-state index contributed by atoms with van der Waals surface area (Å²) in [6, 6.07) is 0.826. The van der Waals surface area contributed by atoms with E-state index in [-0.39, 0.29) is 0 Å². The molecule has 0 saturated heterocycles. The molecule has 0 amide bonds. The lowest BCUT2D eigenvalue weighted by atomic mass is 9.96. The molecule has 0 heterocycles. The van der Waals surface area contributed by atoms with E-state index in [0.29, 0.717) is 0 Å². The van der Waals surface area contributed by atoms with Gasteiger partial charge < -0.3 is 25.3 Å². The number of aliphatic hydroxyl groups is 1. The fourth-order valence-electron chi connectivity index (χ4n) is 3.87. The number of carbonyl (C=O) groups is 3. The van der Waals surface area contributed by atoms with Crippen LogP contribution in [0.4, 0.5) is 0 Å². The Hall–Kier alpha value is -1.67. The lowest BCUT2D eigenvalue weighted by molar-refractivity contribution is -0.170. The Labute approximate surface area is 206 Å². The van der Waals surface area contributed by atoms with Crippen molar-refractivity contribution in [2.45, 2.75) is 135 Å². The molecule has 202 valence electrons. The average molecular weight is 490 g/mol. The van der Waals surface area contributed by atoms with Gasteiger partial charge in [0.15, 0.2) is 5.60 Å². The number of nitrogens with zero attached hydrogens (tertiary/aromatic N) is 1. The molecule has 0 saturated carbocycles. The van der Waals surface area contributed by atoms with Crippen molar-refractivity contribution in [2.24, 2.45) is 0 Å². The zero-order valence-electron chi connectivity index (χ0n) is 22.1. The highest BCUT2D eigenvalue weighted by Gasteiger charge is 2.40. The van der Waals surface area contributed by atoms with Gasteiger partial charge in [0.2, 0.25) is 0 Å². The zero-order valence-corrected chi connectivity index (χ0v) is 22.1. The number of carboxylic acid groups (broad SMARTS) is 3. The lowest BCUT2D eigenvalue weighted by Crippen LogP contribution is -2.42. The van der Waals surface area contributed by atoms with Crippen LogP contribution in [0.1, 0.15) is 123 Å². The summed E-state index contributed by atoms with van der Waals surface area (Å²) in [6.07, 6.45) is 19.1. The van der Waals surface area contributed by atoms with Gasteiger partial charge in [0, 0.05) is 6.04 Å². The van der Waals surface area contributed by atoms with Crippen molar-refractivity contribution in [3.63, 3.8) is 0 Å². The summed E-state index contributed by atoms with van der Waals surface area (Å²) in [6.45, 7) is 4.59. The first kappa shape index (κ1) is 34.5. The van der Waals surface area contributed by atoms with Crippen LogP contribution < -0.4 is 0 Å². The summed E-state index contributed by atoms with van der Waals surface area (Å²) in [5.41, 5.74) is -2.74. The normalized spacial score (nSPS) is 12.2. The molecule has 0 aliphatic carbocycles. The van der Waals surface area contributed by atoms with E-state index in [9.17, 15) is 14.4 Å². The fraction of sp³-hybridized carbons (Fsp3) is 0.885. The standard InChI is InChI=1S/C20H43N.C6H8O7/c1-5-7-9-11-13-15-17-19-20(21(3)4)18-16-14-12-10-8-6-2;7-3(8)1-6(13,5(11)12)2-4(9)10/h20H,5-19H2,1-4H3;13H,1-2H2,(H,7,8)(H,9,10)(H,11,12). The maximum absolute atomic E-state index is 10.3. The van der Waals surface area contributed by atoms with Crippen molar-refractivity contribution in [1.29, 1.82) is 0 Å². The highest BCUT2D eigenvalue weighted by Crippen LogP contribution is 2.17. The summed E-state index contributed by atoms with van der Waals surface area (Å²) >= 11 is 0. The van der Waals surface area contributed by atoms with E-state index in [2.05, 4.69) is 32.8 Å². The Kier molecular flexibility index (Phi) is 22.2. The van der Waals surface area contributed by atoms with Gasteiger partial charge in [0.05, 0.1) is 12.8 Å². The molecule has 0 spiro atoms. The van der Waals surface area contributed by atoms with Gasteiger partial charge in [-0.25, -0.2) is 4.79 Å². The van der Waals surface area contributed by atoms with E-state index in [1.807, 2.05) is 0 Å². The number of hydrogen-bond acceptors (Lipinski definition) is 5. The highest BCUT2D eigenvalue weighted by atomic mass is 16.4. The van der Waals surface area contributed by atoms with E-state index in [1.165, 1.54) is 96.3 Å². The third-order valence-corrected chi connectivity index (χ3v) is 6.05. The summed E-state index contributed by atoms with van der Waals surface area (Å²) in [4.78, 5) is 32.9. The van der Waals surface area contributed by atoms with Gasteiger partial charge >= 0.3 is 17.9 Å². The SMILES string of the molecule is CCCCCCCCCC(CCCCCCCC)N(C)C.O=C(O)CC(O)(CC(=O)O)C(=O)O. The van der Waals surface area contributed by atoms with E-state index in [4.69, 9.17) is 20.4 Å². The van der Waals surface area contributed by atoms with Crippen LogP contribution in [0.5, 0.6) is 0 Å². The first-order valence-corrected chi connectivity index (χ1v) is 13.1. The molecule has 8 heteroatoms. The third kappa shape index (κ3) is 20.9. The van der Waals surface area contributed by atoms with Crippen LogP contribution in [0.25, 0.3) is 0 Å². The Morgan fingerprint density at radius 2 is 0.971 bits per heavy atom. The monoisotopic (exact) mass is 489 g/mol. The maximum Gasteiger partial charge on any atom is 0.336 e. The van der Waals surface area contributed by atoms with E-state index >= 15 is 0 Å². The molecular weight excluding hydrogens is 438 g/mol. The van der Waals surface area contributed by atoms with Crippen molar-refractivity contribution in [3.05, 3.63) is 0 Å². The predicted octanol–water partition coefficient (Wildman–Crippen LogP) is 5.56. The Balaban J connectivity index is 0. The average Bonchev–Trinajstić information content (AvgIpc) is 2.73. The van der Waals surface area contributed by atoms with Crippen molar-refractivity contribution in [2.75, 3.05) is 14.1 Å². The predicted molar refractivity (Wildman–Crippen MR) is 135 cm³/mol. The third-order valence-electron chi connectivity index (χ3n) is 6.05. The van der Waals surface area contributed by atoms with Crippen molar-refractivity contribution in [1.82, 2.24) is 4.90 Å². The Morgan fingerprint density at radius 3 is 1.24 bits per heavy atom. The number of hydrogen-bond donors (Lipinski definition) is 4. The molecule has 0 rings (SSSR count). The smallest absolute Gasteiger partial charge is 0.336 e. The van der Waals surface area contributed by atoms with E-state index in [1.54, 1.807) is 0 Å². The van der Waals surface area contributed by atoms with Gasteiger partial charge in [-0.1, -0.05) is 97.3 Å². The van der Waals surface area contributed by atoms with Gasteiger partial charge in [-0.15, -0.1) is 0 Å². The minimum absolute atomic E-state index is 0.826. The first-order chi connectivity index (χ1) is 16.0. The summed E-state index contributed by atoms with van der Waals surface area (Å²) in [5.74, 6) is -5.02. The summed E-state index contributed by atoms with van der Waals surface area (Å²) < 4.78 is 0. The van der Waals surface area contributed by atoms with Crippen LogP contribution in [0.15, 0.2) is 0 Å². The van der Waals surface area contributed by atoms with Crippen molar-refractivity contribution in [3.8, 4) is 0 Å². The second-order valence-corrected chi connectivity index (χ2v) is 9.56. The maximum atomic E-state index is 10.3. The largest absolute Gasteiger partial charge is 0.481 e. The Bertz CT molecular complexity index is 521. The molecule has 0 fully saturated rings. The minimum atomic E-state index is -2.74. The summed E-state index contributed by atoms with van der Waals surface area (Å²) in [5, 5.41) is 33.8. The number of aliphatic carboxylic acids is 3. The van der Waals surface area contributed by atoms with Crippen LogP contribution >= 0.6 is 0 Å². The van der Waals surface area contributed by atoms with Crippen LogP contribution in [-0.2, 0) is 14.4 Å². The van der Waals surface area contributed by atoms with Crippen LogP contribution in [-0.4, -0.2) is 69.0 Å². The molecule has 0 aromatic carbocycles. The lowest BCUT2D eigenvalue weighted by Gasteiger charge is -2.24. The molecule has 0 aliphatic heterocycles. The van der Waals surface area contributed by atoms with E-state index in [0.717, 1.165) is 6.04 Å². The second kappa shape index (κ2) is 21.8. The molecule has 1 atom stereocenters. The minimum Gasteiger partial charge on any atom is -0.481 e. The van der Waals surface area contributed by atoms with Gasteiger partial charge in [-0.05, 0) is 26.9 Å².